The number of hydrogen-bond acceptors (Lipinski definition) is 3. The summed E-state index contributed by atoms with van der Waals surface area (Å²) < 4.78 is 0. The van der Waals surface area contributed by atoms with Gasteiger partial charge in [0, 0.05) is 12.1 Å². The molecule has 0 bridgehead atoms. The number of hydrogen-bond donors (Lipinski definition) is 1. The average Bonchev–Trinajstić information content (AvgIpc) is 2.06. The minimum atomic E-state index is -0.410. The van der Waals surface area contributed by atoms with Crippen molar-refractivity contribution in [1.82, 2.24) is 0 Å². The van der Waals surface area contributed by atoms with E-state index in [2.05, 4.69) is 0 Å². The van der Waals surface area contributed by atoms with E-state index in [0.717, 1.165) is 12.0 Å². The van der Waals surface area contributed by atoms with E-state index in [1.165, 1.54) is 12.1 Å². The lowest BCUT2D eigenvalue weighted by atomic mass is 10.1. The van der Waals surface area contributed by atoms with Crippen LogP contribution >= 0.6 is 0 Å². The molecule has 2 N–H and O–H groups in total. The highest BCUT2D eigenvalue weighted by molar-refractivity contribution is 5.32. The Morgan fingerprint density at radius 3 is 2.42 bits per heavy atom. The first kappa shape index (κ1) is 8.67. The van der Waals surface area contributed by atoms with Crippen molar-refractivity contribution in [3.8, 4) is 0 Å². The SMILES string of the molecule is NCCc1ccc([N+](=O)[O-])cc1.[H+]. The van der Waals surface area contributed by atoms with Crippen LogP contribution in [0.2, 0.25) is 0 Å². The molecule has 0 aliphatic rings. The predicted octanol–water partition coefficient (Wildman–Crippen LogP) is 1.21. The van der Waals surface area contributed by atoms with Crippen LogP contribution in [0.3, 0.4) is 0 Å². The van der Waals surface area contributed by atoms with Gasteiger partial charge in [-0.05, 0) is 18.5 Å². The largest absolute Gasteiger partial charge is 1.00 e. The zero-order valence-corrected chi connectivity index (χ0v) is 6.56. The maximum Gasteiger partial charge on any atom is 1.00 e. The second kappa shape index (κ2) is 3.82. The molecular weight excluding hydrogens is 156 g/mol. The summed E-state index contributed by atoms with van der Waals surface area (Å²) in [6, 6.07) is 6.44. The van der Waals surface area contributed by atoms with Crippen LogP contribution in [0.15, 0.2) is 24.3 Å². The smallest absolute Gasteiger partial charge is 0.330 e. The Balaban J connectivity index is 0.00000144. The molecule has 0 fully saturated rings. The molecule has 0 spiro atoms. The van der Waals surface area contributed by atoms with Gasteiger partial charge in [0.1, 0.15) is 0 Å². The Morgan fingerprint density at radius 2 is 2.00 bits per heavy atom. The number of nitrogens with zero attached hydrogens (tertiary/aromatic N) is 1. The van der Waals surface area contributed by atoms with Gasteiger partial charge in [0.25, 0.3) is 5.69 Å². The fourth-order valence-corrected chi connectivity index (χ4v) is 0.951. The van der Waals surface area contributed by atoms with Crippen LogP contribution in [-0.4, -0.2) is 11.5 Å². The molecule has 0 aliphatic heterocycles. The standard InChI is InChI=1S/C8H10N2O2/c9-6-5-7-1-3-8(4-2-7)10(11)12/h1-4H,5-6,9H2/p+1. The molecule has 4 nitrogen and oxygen atoms in total. The molecule has 4 heteroatoms. The third kappa shape index (κ3) is 2.03. The average molecular weight is 167 g/mol. The summed E-state index contributed by atoms with van der Waals surface area (Å²) in [5.74, 6) is 0. The van der Waals surface area contributed by atoms with Crippen LogP contribution in [0.4, 0.5) is 5.69 Å². The van der Waals surface area contributed by atoms with Crippen LogP contribution in [0.25, 0.3) is 0 Å². The Hall–Kier alpha value is -1.42. The van der Waals surface area contributed by atoms with E-state index in [1.54, 1.807) is 12.1 Å². The van der Waals surface area contributed by atoms with Crippen LogP contribution in [0, 0.1) is 10.1 Å². The summed E-state index contributed by atoms with van der Waals surface area (Å²) in [7, 11) is 0. The summed E-state index contributed by atoms with van der Waals surface area (Å²) >= 11 is 0. The number of nitro groups is 1. The zero-order chi connectivity index (χ0) is 8.97. The van der Waals surface area contributed by atoms with E-state index in [-0.39, 0.29) is 7.11 Å². The fraction of sp³-hybridized carbons (Fsp3) is 0.250. The number of nitrogens with two attached hydrogens (primary N) is 1. The fourth-order valence-electron chi connectivity index (χ4n) is 0.951. The van der Waals surface area contributed by atoms with Gasteiger partial charge in [-0.25, -0.2) is 0 Å². The molecule has 0 aromatic heterocycles. The third-order valence-electron chi connectivity index (χ3n) is 1.58. The van der Waals surface area contributed by atoms with Crippen LogP contribution in [0.5, 0.6) is 0 Å². The Bertz CT molecular complexity index is 274. The lowest BCUT2D eigenvalue weighted by Gasteiger charge is -1.96. The Kier molecular flexibility index (Phi) is 2.76. The van der Waals surface area contributed by atoms with Gasteiger partial charge in [0.15, 0.2) is 0 Å². The quantitative estimate of drug-likeness (QED) is 0.543. The Labute approximate surface area is 71.6 Å². The van der Waals surface area contributed by atoms with Crippen molar-refractivity contribution >= 4 is 5.69 Å². The van der Waals surface area contributed by atoms with Gasteiger partial charge in [-0.3, -0.25) is 10.1 Å². The molecule has 0 amide bonds. The zero-order valence-electron chi connectivity index (χ0n) is 7.56. The van der Waals surface area contributed by atoms with E-state index >= 15 is 0 Å². The summed E-state index contributed by atoms with van der Waals surface area (Å²) in [6.07, 6.45) is 0.762. The third-order valence-corrected chi connectivity index (χ3v) is 1.58. The molecule has 64 valence electrons. The second-order valence-corrected chi connectivity index (χ2v) is 2.46. The summed E-state index contributed by atoms with van der Waals surface area (Å²) in [4.78, 5) is 9.84. The number of nitro benzene ring substituents is 1. The van der Waals surface area contributed by atoms with E-state index in [9.17, 15) is 10.1 Å². The van der Waals surface area contributed by atoms with Gasteiger partial charge >= 0.3 is 1.43 Å². The molecule has 0 heterocycles. The van der Waals surface area contributed by atoms with Crippen molar-refractivity contribution in [3.63, 3.8) is 0 Å². The monoisotopic (exact) mass is 167 g/mol. The molecule has 1 rings (SSSR count). The van der Waals surface area contributed by atoms with Gasteiger partial charge in [-0.2, -0.15) is 0 Å². The minimum absolute atomic E-state index is 0. The van der Waals surface area contributed by atoms with Crippen molar-refractivity contribution in [2.75, 3.05) is 6.54 Å². The van der Waals surface area contributed by atoms with Crippen molar-refractivity contribution in [2.24, 2.45) is 5.73 Å². The molecule has 0 unspecified atom stereocenters. The molecule has 0 saturated heterocycles. The minimum Gasteiger partial charge on any atom is -0.330 e. The van der Waals surface area contributed by atoms with Gasteiger partial charge < -0.3 is 5.73 Å². The summed E-state index contributed by atoms with van der Waals surface area (Å²) in [5, 5.41) is 10.3. The first-order chi connectivity index (χ1) is 5.74. The summed E-state index contributed by atoms with van der Waals surface area (Å²) in [6.45, 7) is 0.567. The molecule has 0 atom stereocenters. The molecule has 0 aliphatic carbocycles. The predicted molar refractivity (Wildman–Crippen MR) is 47.0 cm³/mol. The van der Waals surface area contributed by atoms with Gasteiger partial charge in [-0.1, -0.05) is 12.1 Å². The van der Waals surface area contributed by atoms with Crippen LogP contribution < -0.4 is 5.73 Å². The molecule has 1 aromatic carbocycles. The van der Waals surface area contributed by atoms with E-state index in [0.29, 0.717) is 6.54 Å². The number of benzene rings is 1. The molecule has 12 heavy (non-hydrogen) atoms. The molecule has 0 saturated carbocycles. The molecule has 1 aromatic rings. The van der Waals surface area contributed by atoms with Gasteiger partial charge in [0.05, 0.1) is 4.92 Å². The first-order valence-electron chi connectivity index (χ1n) is 3.67. The highest BCUT2D eigenvalue weighted by Crippen LogP contribution is 2.11. The summed E-state index contributed by atoms with van der Waals surface area (Å²) in [5.41, 5.74) is 6.48. The maximum absolute atomic E-state index is 10.3. The highest BCUT2D eigenvalue weighted by atomic mass is 16.6. The maximum atomic E-state index is 10.3. The van der Waals surface area contributed by atoms with Gasteiger partial charge in [0.2, 0.25) is 0 Å². The van der Waals surface area contributed by atoms with Crippen LogP contribution in [-0.2, 0) is 6.42 Å². The topological polar surface area (TPSA) is 69.2 Å². The van der Waals surface area contributed by atoms with Crippen LogP contribution in [0.1, 0.15) is 6.99 Å². The van der Waals surface area contributed by atoms with Gasteiger partial charge in [-0.15, -0.1) is 0 Å². The highest BCUT2D eigenvalue weighted by Gasteiger charge is 2.02. The van der Waals surface area contributed by atoms with Crippen molar-refractivity contribution in [3.05, 3.63) is 39.9 Å². The molecule has 0 radical (unpaired) electrons. The number of rotatable bonds is 3. The number of non-ortho nitro benzene ring substituents is 1. The van der Waals surface area contributed by atoms with Crippen molar-refractivity contribution in [2.45, 2.75) is 6.42 Å². The second-order valence-electron chi connectivity index (χ2n) is 2.46. The van der Waals surface area contributed by atoms with E-state index in [4.69, 9.17) is 5.73 Å². The molecular formula is C8H11N2O2+. The van der Waals surface area contributed by atoms with Crippen molar-refractivity contribution < 1.29 is 6.35 Å². The Morgan fingerprint density at radius 1 is 1.42 bits per heavy atom. The lowest BCUT2D eigenvalue weighted by molar-refractivity contribution is -0.384. The van der Waals surface area contributed by atoms with Crippen molar-refractivity contribution in [1.29, 1.82) is 0 Å². The normalized spacial score (nSPS) is 9.75. The van der Waals surface area contributed by atoms with E-state index < -0.39 is 4.92 Å². The van der Waals surface area contributed by atoms with E-state index in [1.807, 2.05) is 0 Å². The first-order valence-corrected chi connectivity index (χ1v) is 3.67. The lowest BCUT2D eigenvalue weighted by Crippen LogP contribution is -2.02.